The monoisotopic (exact) mass is 664 g/mol. The molecule has 0 radical (unpaired) electrons. The molecule has 0 bridgehead atoms. The zero-order valence-corrected chi connectivity index (χ0v) is 27.9. The Hall–Kier alpha value is -7.04. The fraction of sp³-hybridized carbons (Fsp3) is 0. The number of rotatable bonds is 3. The molecular formula is C48H28N2O2. The number of furan rings is 2. The second-order valence-corrected chi connectivity index (χ2v) is 13.7. The van der Waals surface area contributed by atoms with Crippen molar-refractivity contribution < 1.29 is 8.83 Å². The smallest absolute Gasteiger partial charge is 0.215 e. The number of nitrogens with zero attached hydrogens (tertiary/aromatic N) is 2. The van der Waals surface area contributed by atoms with Crippen molar-refractivity contribution in [1.82, 2.24) is 9.13 Å². The third-order valence-corrected chi connectivity index (χ3v) is 10.9. The summed E-state index contributed by atoms with van der Waals surface area (Å²) in [7, 11) is 0. The van der Waals surface area contributed by atoms with Crippen molar-refractivity contribution in [2.75, 3.05) is 0 Å². The maximum atomic E-state index is 7.25. The van der Waals surface area contributed by atoms with Crippen LogP contribution in [-0.4, -0.2) is 9.13 Å². The van der Waals surface area contributed by atoms with Crippen molar-refractivity contribution in [2.45, 2.75) is 0 Å². The van der Waals surface area contributed by atoms with Gasteiger partial charge in [0.1, 0.15) is 11.2 Å². The van der Waals surface area contributed by atoms with Crippen LogP contribution in [-0.2, 0) is 0 Å². The van der Waals surface area contributed by atoms with Crippen molar-refractivity contribution in [3.05, 3.63) is 170 Å². The zero-order valence-electron chi connectivity index (χ0n) is 27.9. The van der Waals surface area contributed by atoms with Gasteiger partial charge in [0.25, 0.3) is 0 Å². The van der Waals surface area contributed by atoms with Gasteiger partial charge in [-0.05, 0) is 64.4 Å². The van der Waals surface area contributed by atoms with Gasteiger partial charge in [-0.15, -0.1) is 0 Å². The molecule has 4 nitrogen and oxygen atoms in total. The maximum absolute atomic E-state index is 7.25. The summed E-state index contributed by atoms with van der Waals surface area (Å²) >= 11 is 0. The van der Waals surface area contributed by atoms with Gasteiger partial charge in [-0.3, -0.25) is 9.13 Å². The van der Waals surface area contributed by atoms with Crippen LogP contribution in [0.4, 0.5) is 0 Å². The first-order valence-electron chi connectivity index (χ1n) is 17.7. The highest BCUT2D eigenvalue weighted by Crippen LogP contribution is 2.47. The van der Waals surface area contributed by atoms with Crippen LogP contribution < -0.4 is 0 Å². The van der Waals surface area contributed by atoms with Crippen molar-refractivity contribution >= 4 is 87.5 Å². The summed E-state index contributed by atoms with van der Waals surface area (Å²) in [6.45, 7) is 0. The molecule has 0 fully saturated rings. The summed E-state index contributed by atoms with van der Waals surface area (Å²) in [5, 5.41) is 11.6. The van der Waals surface area contributed by atoms with E-state index in [4.69, 9.17) is 8.83 Å². The van der Waals surface area contributed by atoms with Gasteiger partial charge in [0, 0.05) is 43.7 Å². The number of para-hydroxylation sites is 2. The van der Waals surface area contributed by atoms with E-state index in [9.17, 15) is 0 Å². The average Bonchev–Trinajstić information content (AvgIpc) is 3.94. The number of hydrogen-bond donors (Lipinski definition) is 0. The first-order valence-corrected chi connectivity index (χ1v) is 17.7. The van der Waals surface area contributed by atoms with Gasteiger partial charge in [0.15, 0.2) is 0 Å². The lowest BCUT2D eigenvalue weighted by molar-refractivity contribution is 0.625. The Morgan fingerprint density at radius 1 is 0.327 bits per heavy atom. The van der Waals surface area contributed by atoms with E-state index in [-0.39, 0.29) is 0 Å². The molecule has 0 aliphatic carbocycles. The number of hydrogen-bond acceptors (Lipinski definition) is 2. The van der Waals surface area contributed by atoms with E-state index in [0.29, 0.717) is 0 Å². The fourth-order valence-electron chi connectivity index (χ4n) is 8.62. The van der Waals surface area contributed by atoms with Gasteiger partial charge < -0.3 is 8.83 Å². The van der Waals surface area contributed by atoms with Gasteiger partial charge in [-0.2, -0.15) is 0 Å². The third-order valence-electron chi connectivity index (χ3n) is 10.9. The van der Waals surface area contributed by atoms with Crippen LogP contribution in [0.2, 0.25) is 0 Å². The average molecular weight is 665 g/mol. The summed E-state index contributed by atoms with van der Waals surface area (Å²) in [6, 6.07) is 60.5. The molecule has 242 valence electrons. The van der Waals surface area contributed by atoms with E-state index in [1.807, 2.05) is 12.1 Å². The van der Waals surface area contributed by atoms with Gasteiger partial charge in [0.05, 0.1) is 21.8 Å². The molecule has 0 saturated carbocycles. The normalized spacial score (nSPS) is 12.2. The van der Waals surface area contributed by atoms with E-state index >= 15 is 0 Å². The highest BCUT2D eigenvalue weighted by atomic mass is 16.4. The summed E-state index contributed by atoms with van der Waals surface area (Å²) in [6.07, 6.45) is 0. The molecule has 0 aliphatic rings. The van der Waals surface area contributed by atoms with Crippen LogP contribution in [0.5, 0.6) is 0 Å². The molecule has 12 aromatic rings. The number of benzene rings is 8. The van der Waals surface area contributed by atoms with Gasteiger partial charge in [-0.25, -0.2) is 0 Å². The van der Waals surface area contributed by atoms with Crippen LogP contribution in [0.15, 0.2) is 179 Å². The Labute approximate surface area is 296 Å². The lowest BCUT2D eigenvalue weighted by Crippen LogP contribution is -1.96. The van der Waals surface area contributed by atoms with E-state index in [1.54, 1.807) is 0 Å². The molecule has 0 atom stereocenters. The van der Waals surface area contributed by atoms with Crippen LogP contribution in [0.3, 0.4) is 0 Å². The van der Waals surface area contributed by atoms with Crippen LogP contribution >= 0.6 is 0 Å². The predicted octanol–water partition coefficient (Wildman–Crippen LogP) is 13.3. The largest absolute Gasteiger partial charge is 0.456 e. The molecule has 4 heterocycles. The third kappa shape index (κ3) is 3.70. The molecule has 8 aromatic carbocycles. The van der Waals surface area contributed by atoms with Crippen LogP contribution in [0.1, 0.15) is 0 Å². The quantitative estimate of drug-likeness (QED) is 0.188. The van der Waals surface area contributed by atoms with E-state index < -0.39 is 0 Å². The molecule has 4 heteroatoms. The summed E-state index contributed by atoms with van der Waals surface area (Å²) in [5.41, 5.74) is 10.2. The minimum absolute atomic E-state index is 0.838. The van der Waals surface area contributed by atoms with Crippen LogP contribution in [0, 0.1) is 0 Å². The Morgan fingerprint density at radius 3 is 1.60 bits per heavy atom. The first kappa shape index (κ1) is 27.7. The van der Waals surface area contributed by atoms with Crippen molar-refractivity contribution in [2.24, 2.45) is 0 Å². The number of aromatic nitrogens is 2. The molecule has 0 amide bonds. The van der Waals surface area contributed by atoms with E-state index in [0.717, 1.165) is 77.7 Å². The Morgan fingerprint density at radius 2 is 0.885 bits per heavy atom. The maximum Gasteiger partial charge on any atom is 0.215 e. The first-order chi connectivity index (χ1) is 25.8. The lowest BCUT2D eigenvalue weighted by atomic mass is 10.0. The molecule has 4 aromatic heterocycles. The molecular weight excluding hydrogens is 637 g/mol. The highest BCUT2D eigenvalue weighted by molar-refractivity contribution is 6.32. The molecule has 0 spiro atoms. The summed E-state index contributed by atoms with van der Waals surface area (Å²) in [5.74, 6) is 0. The minimum atomic E-state index is 0.838. The second-order valence-electron chi connectivity index (χ2n) is 13.7. The second kappa shape index (κ2) is 10.3. The highest BCUT2D eigenvalue weighted by Gasteiger charge is 2.27. The molecule has 0 saturated heterocycles. The van der Waals surface area contributed by atoms with Gasteiger partial charge in [-0.1, -0.05) is 127 Å². The van der Waals surface area contributed by atoms with Gasteiger partial charge >= 0.3 is 0 Å². The Bertz CT molecular complexity index is 3410. The van der Waals surface area contributed by atoms with Gasteiger partial charge in [0.2, 0.25) is 11.4 Å². The summed E-state index contributed by atoms with van der Waals surface area (Å²) < 4.78 is 18.1. The van der Waals surface area contributed by atoms with Crippen molar-refractivity contribution in [1.29, 1.82) is 0 Å². The molecule has 52 heavy (non-hydrogen) atoms. The zero-order chi connectivity index (χ0) is 33.9. The molecule has 0 unspecified atom stereocenters. The lowest BCUT2D eigenvalue weighted by Gasteiger charge is -2.11. The molecule has 0 N–H and O–H groups in total. The van der Waals surface area contributed by atoms with E-state index in [1.165, 1.54) is 32.3 Å². The van der Waals surface area contributed by atoms with E-state index in [2.05, 4.69) is 167 Å². The molecule has 0 aliphatic heterocycles. The number of fused-ring (bicyclic) bond motifs is 14. The Kier molecular flexibility index (Phi) is 5.47. The van der Waals surface area contributed by atoms with Crippen molar-refractivity contribution in [3.63, 3.8) is 0 Å². The minimum Gasteiger partial charge on any atom is -0.456 e. The molecule has 12 rings (SSSR count). The Balaban J connectivity index is 1.20. The topological polar surface area (TPSA) is 36.1 Å². The van der Waals surface area contributed by atoms with Crippen LogP contribution in [0.25, 0.3) is 110 Å². The predicted molar refractivity (Wildman–Crippen MR) is 215 cm³/mol. The fourth-order valence-corrected chi connectivity index (χ4v) is 8.62. The van der Waals surface area contributed by atoms with Crippen molar-refractivity contribution in [3.8, 4) is 22.5 Å². The summed E-state index contributed by atoms with van der Waals surface area (Å²) in [4.78, 5) is 0. The standard InChI is InChI=1S/C48H28N2O2/c1-2-14-33(15-3-1)49-45-35-17-6-4-11-29(35)21-24-38(45)43-44-39-25-22-30-12-5-7-18-36(30)46(39)50(48(44)52-47(43)49)34-16-10-13-31(27-34)32-23-26-42-40(28-32)37-19-8-9-20-41(37)51-42/h1-28H. The SMILES string of the molecule is c1ccc(-n2c3oc4c(c5ccc6ccccc6c5n4-c4cccc(-c5ccc6oc7ccccc7c6c5)c4)c3c3ccc4ccccc4c32)cc1.